The zero-order chi connectivity index (χ0) is 17.9. The predicted octanol–water partition coefficient (Wildman–Crippen LogP) is 3.86. The first-order valence-corrected chi connectivity index (χ1v) is 9.03. The smallest absolute Gasteiger partial charge is 0.192 e. The first-order valence-electron chi connectivity index (χ1n) is 9.03. The molecule has 1 aromatic heterocycles. The van der Waals surface area contributed by atoms with Crippen molar-refractivity contribution in [2.75, 3.05) is 19.6 Å². The summed E-state index contributed by atoms with van der Waals surface area (Å²) in [5.74, 6) is 0.641. The molecule has 0 spiro atoms. The third kappa shape index (κ3) is 3.46. The molecule has 0 N–H and O–H groups in total. The monoisotopic (exact) mass is 347 g/mol. The van der Waals surface area contributed by atoms with E-state index in [0.717, 1.165) is 26.1 Å². The summed E-state index contributed by atoms with van der Waals surface area (Å²) in [6, 6.07) is 17.0. The van der Waals surface area contributed by atoms with Gasteiger partial charge in [0, 0.05) is 31.1 Å². The number of hydrogen-bond acceptors (Lipinski definition) is 4. The number of nitrogens with zero attached hydrogens (tertiary/aromatic N) is 1. The quantitative estimate of drug-likeness (QED) is 0.658. The van der Waals surface area contributed by atoms with Gasteiger partial charge in [-0.2, -0.15) is 0 Å². The van der Waals surface area contributed by atoms with Crippen LogP contribution in [0.25, 0.3) is 11.0 Å². The molecule has 0 aliphatic carbocycles. The number of rotatable bonds is 5. The zero-order valence-corrected chi connectivity index (χ0v) is 14.6. The maximum Gasteiger partial charge on any atom is 0.192 e. The fraction of sp³-hybridized carbons (Fsp3) is 0.273. The molecule has 0 saturated carbocycles. The molecule has 1 atom stereocenters. The van der Waals surface area contributed by atoms with Crippen molar-refractivity contribution in [3.05, 3.63) is 82.2 Å². The number of fused-ring (bicyclic) bond motifs is 1. The molecule has 3 aromatic rings. The fourth-order valence-corrected chi connectivity index (χ4v) is 3.69. The maximum atomic E-state index is 12.5. The highest BCUT2D eigenvalue weighted by Gasteiger charge is 2.24. The summed E-state index contributed by atoms with van der Waals surface area (Å²) in [5, 5.41) is 0.509. The Morgan fingerprint density at radius 2 is 1.96 bits per heavy atom. The molecule has 26 heavy (non-hydrogen) atoms. The molecule has 0 amide bonds. The van der Waals surface area contributed by atoms with Crippen molar-refractivity contribution in [1.29, 1.82) is 0 Å². The van der Waals surface area contributed by atoms with Crippen LogP contribution in [0, 0.1) is 0 Å². The maximum absolute atomic E-state index is 12.5. The van der Waals surface area contributed by atoms with Gasteiger partial charge in [0.2, 0.25) is 0 Å². The summed E-state index contributed by atoms with van der Waals surface area (Å²) in [4.78, 5) is 26.6. The molecule has 4 heteroatoms. The molecular weight excluding hydrogens is 326 g/mol. The molecule has 1 aliphatic heterocycles. The molecule has 1 fully saturated rings. The van der Waals surface area contributed by atoms with E-state index in [4.69, 9.17) is 4.42 Å². The van der Waals surface area contributed by atoms with E-state index in [1.807, 2.05) is 6.07 Å². The van der Waals surface area contributed by atoms with Gasteiger partial charge < -0.3 is 9.32 Å². The molecule has 4 nitrogen and oxygen atoms in total. The number of carbonyl (C=O) groups excluding carboxylic acids is 1. The first kappa shape index (κ1) is 16.7. The second kappa shape index (κ2) is 7.26. The Hall–Kier alpha value is -2.72. The third-order valence-electron chi connectivity index (χ3n) is 5.18. The Bertz CT molecular complexity index is 977. The SMILES string of the molecule is O=C(CCN1CCC(c2ccccc2)C1)c1ccc2c(=O)ccoc2c1. The van der Waals surface area contributed by atoms with Crippen LogP contribution in [-0.4, -0.2) is 30.3 Å². The lowest BCUT2D eigenvalue weighted by atomic mass is 9.99. The van der Waals surface area contributed by atoms with Crippen LogP contribution in [-0.2, 0) is 0 Å². The lowest BCUT2D eigenvalue weighted by Crippen LogP contribution is -2.23. The highest BCUT2D eigenvalue weighted by Crippen LogP contribution is 2.27. The average Bonchev–Trinajstić information content (AvgIpc) is 3.16. The Balaban J connectivity index is 1.38. The normalized spacial score (nSPS) is 17.6. The number of carbonyl (C=O) groups is 1. The number of hydrogen-bond donors (Lipinski definition) is 0. The van der Waals surface area contributed by atoms with Crippen molar-refractivity contribution < 1.29 is 9.21 Å². The van der Waals surface area contributed by atoms with Gasteiger partial charge in [0.25, 0.3) is 0 Å². The molecule has 1 saturated heterocycles. The minimum Gasteiger partial charge on any atom is -0.464 e. The van der Waals surface area contributed by atoms with E-state index in [0.29, 0.717) is 28.9 Å². The molecule has 0 radical (unpaired) electrons. The second-order valence-electron chi connectivity index (χ2n) is 6.87. The lowest BCUT2D eigenvalue weighted by molar-refractivity contribution is 0.0968. The van der Waals surface area contributed by atoms with Crippen molar-refractivity contribution in [3.63, 3.8) is 0 Å². The van der Waals surface area contributed by atoms with Gasteiger partial charge >= 0.3 is 0 Å². The molecule has 1 aliphatic rings. The number of likely N-dealkylation sites (tertiary alicyclic amines) is 1. The van der Waals surface area contributed by atoms with Crippen LogP contribution in [0.15, 0.2) is 70.1 Å². The zero-order valence-electron chi connectivity index (χ0n) is 14.6. The van der Waals surface area contributed by atoms with Gasteiger partial charge in [-0.1, -0.05) is 36.4 Å². The van der Waals surface area contributed by atoms with Crippen LogP contribution in [0.5, 0.6) is 0 Å². The van der Waals surface area contributed by atoms with Crippen LogP contribution >= 0.6 is 0 Å². The van der Waals surface area contributed by atoms with E-state index in [9.17, 15) is 9.59 Å². The van der Waals surface area contributed by atoms with E-state index in [1.54, 1.807) is 18.2 Å². The van der Waals surface area contributed by atoms with Crippen molar-refractivity contribution in [1.82, 2.24) is 4.90 Å². The van der Waals surface area contributed by atoms with Gasteiger partial charge in [-0.3, -0.25) is 9.59 Å². The minimum atomic E-state index is -0.0886. The van der Waals surface area contributed by atoms with Crippen molar-refractivity contribution in [2.24, 2.45) is 0 Å². The van der Waals surface area contributed by atoms with Crippen LogP contribution in [0.3, 0.4) is 0 Å². The standard InChI is InChI=1S/C22H21NO3/c24-20(17-6-7-19-21(25)10-13-26-22(19)14-17)9-12-23-11-8-18(15-23)16-4-2-1-3-5-16/h1-7,10,13-14,18H,8-9,11-12,15H2. The van der Waals surface area contributed by atoms with Crippen LogP contribution in [0.1, 0.15) is 34.7 Å². The summed E-state index contributed by atoms with van der Waals surface area (Å²) in [6.07, 6.45) is 2.98. The number of ketones is 1. The molecule has 4 rings (SSSR count). The van der Waals surface area contributed by atoms with Crippen LogP contribution in [0.4, 0.5) is 0 Å². The molecular formula is C22H21NO3. The topological polar surface area (TPSA) is 50.5 Å². The van der Waals surface area contributed by atoms with Gasteiger partial charge in [-0.25, -0.2) is 0 Å². The van der Waals surface area contributed by atoms with E-state index < -0.39 is 0 Å². The van der Waals surface area contributed by atoms with Crippen molar-refractivity contribution >= 4 is 16.8 Å². The third-order valence-corrected chi connectivity index (χ3v) is 5.18. The van der Waals surface area contributed by atoms with E-state index in [-0.39, 0.29) is 11.2 Å². The number of Topliss-reactive ketones (excluding diaryl/α,β-unsaturated/α-hetero) is 1. The van der Waals surface area contributed by atoms with Crippen LogP contribution < -0.4 is 5.43 Å². The largest absolute Gasteiger partial charge is 0.464 e. The summed E-state index contributed by atoms with van der Waals surface area (Å²) in [6.45, 7) is 2.79. The molecule has 2 aromatic carbocycles. The fourth-order valence-electron chi connectivity index (χ4n) is 3.69. The van der Waals surface area contributed by atoms with Gasteiger partial charge in [0.05, 0.1) is 11.6 Å². The molecule has 132 valence electrons. The Labute approximate surface area is 152 Å². The molecule has 0 bridgehead atoms. The Morgan fingerprint density at radius 3 is 2.81 bits per heavy atom. The Kier molecular flexibility index (Phi) is 4.67. The summed E-state index contributed by atoms with van der Waals surface area (Å²) >= 11 is 0. The number of benzene rings is 2. The van der Waals surface area contributed by atoms with Gasteiger partial charge in [0.1, 0.15) is 5.58 Å². The summed E-state index contributed by atoms with van der Waals surface area (Å²) in [5.41, 5.74) is 2.36. The molecule has 1 unspecified atom stereocenters. The summed E-state index contributed by atoms with van der Waals surface area (Å²) < 4.78 is 5.36. The van der Waals surface area contributed by atoms with Gasteiger partial charge in [0.15, 0.2) is 11.2 Å². The average molecular weight is 347 g/mol. The van der Waals surface area contributed by atoms with Crippen molar-refractivity contribution in [3.8, 4) is 0 Å². The predicted molar refractivity (Wildman–Crippen MR) is 102 cm³/mol. The van der Waals surface area contributed by atoms with Crippen LogP contribution in [0.2, 0.25) is 0 Å². The summed E-state index contributed by atoms with van der Waals surface area (Å²) in [7, 11) is 0. The van der Waals surface area contributed by atoms with Crippen molar-refractivity contribution in [2.45, 2.75) is 18.8 Å². The molecule has 2 heterocycles. The lowest BCUT2D eigenvalue weighted by Gasteiger charge is -2.15. The highest BCUT2D eigenvalue weighted by atomic mass is 16.3. The highest BCUT2D eigenvalue weighted by molar-refractivity contribution is 5.99. The van der Waals surface area contributed by atoms with E-state index in [1.165, 1.54) is 17.9 Å². The first-order chi connectivity index (χ1) is 12.7. The van der Waals surface area contributed by atoms with E-state index in [2.05, 4.69) is 29.2 Å². The van der Waals surface area contributed by atoms with E-state index >= 15 is 0 Å². The van der Waals surface area contributed by atoms with Gasteiger partial charge in [-0.05, 0) is 36.6 Å². The second-order valence-corrected chi connectivity index (χ2v) is 6.87. The minimum absolute atomic E-state index is 0.0848. The van der Waals surface area contributed by atoms with Gasteiger partial charge in [-0.15, -0.1) is 0 Å². The Morgan fingerprint density at radius 1 is 1.12 bits per heavy atom.